The third-order valence-electron chi connectivity index (χ3n) is 8.84. The molecule has 3 saturated carbocycles. The number of aliphatic hydroxyl groups is 4. The zero-order valence-corrected chi connectivity index (χ0v) is 15.8. The van der Waals surface area contributed by atoms with Crippen molar-refractivity contribution in [2.75, 3.05) is 6.61 Å². The highest BCUT2D eigenvalue weighted by Crippen LogP contribution is 2.67. The maximum atomic E-state index is 11.9. The molecule has 5 heteroatoms. The Balaban J connectivity index is 1.72. The van der Waals surface area contributed by atoms with Crippen LogP contribution in [0.1, 0.15) is 58.8 Å². The van der Waals surface area contributed by atoms with Crippen molar-refractivity contribution in [1.29, 1.82) is 0 Å². The lowest BCUT2D eigenvalue weighted by atomic mass is 9.45. The molecule has 8 atom stereocenters. The van der Waals surface area contributed by atoms with Crippen LogP contribution >= 0.6 is 0 Å². The van der Waals surface area contributed by atoms with Gasteiger partial charge in [0.15, 0.2) is 5.78 Å². The van der Waals surface area contributed by atoms with Gasteiger partial charge in [-0.05, 0) is 67.8 Å². The van der Waals surface area contributed by atoms with Gasteiger partial charge in [0.1, 0.15) is 6.10 Å². The molecule has 0 spiro atoms. The van der Waals surface area contributed by atoms with E-state index in [2.05, 4.69) is 6.92 Å². The van der Waals surface area contributed by atoms with Gasteiger partial charge in [0.2, 0.25) is 0 Å². The van der Waals surface area contributed by atoms with E-state index in [1.165, 1.54) is 5.57 Å². The van der Waals surface area contributed by atoms with E-state index in [0.29, 0.717) is 19.3 Å². The minimum atomic E-state index is -1.35. The first-order chi connectivity index (χ1) is 12.2. The zero-order chi connectivity index (χ0) is 18.9. The second kappa shape index (κ2) is 5.87. The summed E-state index contributed by atoms with van der Waals surface area (Å²) in [6, 6.07) is 0. The number of ketones is 1. The number of rotatable bonds is 2. The largest absolute Gasteiger partial charge is 0.394 e. The lowest BCUT2D eigenvalue weighted by Gasteiger charge is -2.61. The van der Waals surface area contributed by atoms with Gasteiger partial charge in [0.25, 0.3) is 0 Å². The van der Waals surface area contributed by atoms with E-state index in [1.807, 2.05) is 13.0 Å². The van der Waals surface area contributed by atoms with E-state index in [-0.39, 0.29) is 29.0 Å². The van der Waals surface area contributed by atoms with Crippen LogP contribution in [-0.2, 0) is 4.79 Å². The van der Waals surface area contributed by atoms with Crippen LogP contribution in [0, 0.1) is 28.6 Å². The van der Waals surface area contributed by atoms with E-state index in [4.69, 9.17) is 0 Å². The van der Waals surface area contributed by atoms with Crippen LogP contribution in [0.4, 0.5) is 0 Å². The summed E-state index contributed by atoms with van der Waals surface area (Å²) in [7, 11) is 0. The predicted molar refractivity (Wildman–Crippen MR) is 96.1 cm³/mol. The number of fused-ring (bicyclic) bond motifs is 5. The first-order valence-electron chi connectivity index (χ1n) is 10.1. The molecule has 26 heavy (non-hydrogen) atoms. The van der Waals surface area contributed by atoms with Gasteiger partial charge >= 0.3 is 0 Å². The Bertz CT molecular complexity index is 644. The summed E-state index contributed by atoms with van der Waals surface area (Å²) in [5, 5.41) is 42.3. The van der Waals surface area contributed by atoms with Crippen LogP contribution in [0.2, 0.25) is 0 Å². The topological polar surface area (TPSA) is 98.0 Å². The molecular weight excluding hydrogens is 332 g/mol. The fourth-order valence-corrected chi connectivity index (χ4v) is 7.42. The number of aliphatic hydroxyl groups excluding tert-OH is 3. The Morgan fingerprint density at radius 1 is 1.23 bits per heavy atom. The summed E-state index contributed by atoms with van der Waals surface area (Å²) < 4.78 is 0. The molecule has 146 valence electrons. The molecule has 0 aromatic heterocycles. The molecule has 5 nitrogen and oxygen atoms in total. The van der Waals surface area contributed by atoms with Crippen LogP contribution in [-0.4, -0.2) is 50.6 Å². The molecular formula is C21H32O5. The van der Waals surface area contributed by atoms with Crippen molar-refractivity contribution in [3.63, 3.8) is 0 Å². The van der Waals surface area contributed by atoms with Crippen LogP contribution in [0.25, 0.3) is 0 Å². The van der Waals surface area contributed by atoms with Crippen LogP contribution < -0.4 is 0 Å². The first kappa shape index (κ1) is 18.6. The molecule has 0 bridgehead atoms. The maximum Gasteiger partial charge on any atom is 0.155 e. The lowest BCUT2D eigenvalue weighted by Crippen LogP contribution is -2.63. The Morgan fingerprint density at radius 3 is 2.65 bits per heavy atom. The highest BCUT2D eigenvalue weighted by Gasteiger charge is 2.67. The first-order valence-corrected chi connectivity index (χ1v) is 10.1. The third kappa shape index (κ3) is 2.20. The number of hydrogen-bond donors (Lipinski definition) is 4. The van der Waals surface area contributed by atoms with Gasteiger partial charge in [-0.1, -0.05) is 19.4 Å². The molecule has 4 rings (SSSR count). The van der Waals surface area contributed by atoms with Gasteiger partial charge in [-0.3, -0.25) is 4.79 Å². The fraction of sp³-hybridized carbons (Fsp3) is 0.857. The van der Waals surface area contributed by atoms with Gasteiger partial charge < -0.3 is 20.4 Å². The summed E-state index contributed by atoms with van der Waals surface area (Å²) in [4.78, 5) is 11.9. The van der Waals surface area contributed by atoms with Gasteiger partial charge in [-0.2, -0.15) is 0 Å². The highest BCUT2D eigenvalue weighted by molar-refractivity contribution is 5.91. The number of allylic oxidation sites excluding steroid dienone is 1. The number of hydrogen-bond acceptors (Lipinski definition) is 5. The molecule has 0 aromatic rings. The van der Waals surface area contributed by atoms with Gasteiger partial charge in [-0.25, -0.2) is 0 Å². The van der Waals surface area contributed by atoms with E-state index in [9.17, 15) is 25.2 Å². The average molecular weight is 364 g/mol. The lowest BCUT2D eigenvalue weighted by molar-refractivity contribution is -0.207. The second-order valence-electron chi connectivity index (χ2n) is 9.74. The molecule has 4 N–H and O–H groups in total. The molecule has 0 radical (unpaired) electrons. The van der Waals surface area contributed by atoms with Gasteiger partial charge in [0.05, 0.1) is 18.3 Å². The summed E-state index contributed by atoms with van der Waals surface area (Å²) in [5.74, 6) is 0.798. The normalized spacial score (nSPS) is 51.9. The Kier molecular flexibility index (Phi) is 4.20. The van der Waals surface area contributed by atoms with Crippen molar-refractivity contribution in [2.24, 2.45) is 28.6 Å². The molecule has 4 aliphatic rings. The molecule has 0 unspecified atom stereocenters. The Morgan fingerprint density at radius 2 is 1.96 bits per heavy atom. The second-order valence-corrected chi connectivity index (χ2v) is 9.74. The van der Waals surface area contributed by atoms with Gasteiger partial charge in [0, 0.05) is 11.8 Å². The van der Waals surface area contributed by atoms with Crippen molar-refractivity contribution in [3.8, 4) is 0 Å². The third-order valence-corrected chi connectivity index (χ3v) is 8.84. The molecule has 4 aliphatic carbocycles. The minimum Gasteiger partial charge on any atom is -0.394 e. The van der Waals surface area contributed by atoms with Crippen molar-refractivity contribution >= 4 is 5.78 Å². The van der Waals surface area contributed by atoms with E-state index in [0.717, 1.165) is 25.7 Å². The quantitative estimate of drug-likeness (QED) is 0.596. The minimum absolute atomic E-state index is 0.0993. The molecule has 0 saturated heterocycles. The average Bonchev–Trinajstić information content (AvgIpc) is 2.86. The molecule has 0 aliphatic heterocycles. The Labute approximate surface area is 155 Å². The fourth-order valence-electron chi connectivity index (χ4n) is 7.42. The molecule has 0 aromatic carbocycles. The van der Waals surface area contributed by atoms with Crippen molar-refractivity contribution in [3.05, 3.63) is 11.6 Å². The smallest absolute Gasteiger partial charge is 0.155 e. The monoisotopic (exact) mass is 364 g/mol. The molecule has 0 amide bonds. The van der Waals surface area contributed by atoms with Crippen molar-refractivity contribution in [2.45, 2.75) is 76.6 Å². The van der Waals surface area contributed by atoms with Crippen molar-refractivity contribution in [1.82, 2.24) is 0 Å². The summed E-state index contributed by atoms with van der Waals surface area (Å²) >= 11 is 0. The number of carbonyl (C=O) groups is 1. The summed E-state index contributed by atoms with van der Waals surface area (Å²) in [6.07, 6.45) is 4.92. The highest BCUT2D eigenvalue weighted by atomic mass is 16.4. The zero-order valence-electron chi connectivity index (χ0n) is 15.8. The van der Waals surface area contributed by atoms with Crippen LogP contribution in [0.15, 0.2) is 11.6 Å². The summed E-state index contributed by atoms with van der Waals surface area (Å²) in [5.41, 5.74) is -0.898. The SMILES string of the molecule is C[C@]12CCC(=O)C=C1CC[C@@H]1[C@@H]2[C@@H](O)C[C@@]2(C)[C@H]1CC[C@]2(O)[C@@H](O)CO. The van der Waals surface area contributed by atoms with E-state index >= 15 is 0 Å². The predicted octanol–water partition coefficient (Wildman–Crippen LogP) is 1.57. The maximum absolute atomic E-state index is 11.9. The van der Waals surface area contributed by atoms with Gasteiger partial charge in [-0.15, -0.1) is 0 Å². The van der Waals surface area contributed by atoms with E-state index < -0.39 is 29.8 Å². The van der Waals surface area contributed by atoms with Crippen LogP contribution in [0.5, 0.6) is 0 Å². The summed E-state index contributed by atoms with van der Waals surface area (Å²) in [6.45, 7) is 3.73. The van der Waals surface area contributed by atoms with E-state index in [1.54, 1.807) is 0 Å². The molecule has 3 fully saturated rings. The standard InChI is InChI=1S/C21H32O5/c1-19-7-5-13(23)9-12(19)3-4-14-15-6-8-21(26,17(25)11-22)20(15,2)10-16(24)18(14)19/h9,14-18,22,24-26H,3-8,10-11H2,1-2H3/t14-,15-,16-,17-,18+,19-,20-,21-/m0/s1. The Hall–Kier alpha value is -0.750. The van der Waals surface area contributed by atoms with Crippen molar-refractivity contribution < 1.29 is 25.2 Å². The molecule has 0 heterocycles. The number of carbonyl (C=O) groups excluding carboxylic acids is 1. The van der Waals surface area contributed by atoms with Crippen LogP contribution in [0.3, 0.4) is 0 Å².